The number of nitrogens with two attached hydrogens (primary N) is 1. The van der Waals surface area contributed by atoms with E-state index in [0.29, 0.717) is 18.3 Å². The summed E-state index contributed by atoms with van der Waals surface area (Å²) in [4.78, 5) is 4.38. The first-order valence-electron chi connectivity index (χ1n) is 6.40. The Kier molecular flexibility index (Phi) is 4.57. The van der Waals surface area contributed by atoms with E-state index in [1.54, 1.807) is 0 Å². The summed E-state index contributed by atoms with van der Waals surface area (Å²) in [5, 5.41) is 3.97. The first kappa shape index (κ1) is 15.2. The van der Waals surface area contributed by atoms with Gasteiger partial charge in [-0.3, -0.25) is 0 Å². The minimum atomic E-state index is -0.784. The summed E-state index contributed by atoms with van der Waals surface area (Å²) in [6.45, 7) is 6.07. The fourth-order valence-electron chi connectivity index (χ4n) is 1.60. The fraction of sp³-hybridized carbons (Fsp3) is 0.429. The van der Waals surface area contributed by atoms with Gasteiger partial charge >= 0.3 is 0 Å². The predicted molar refractivity (Wildman–Crippen MR) is 80.1 cm³/mol. The number of hydrogen-bond acceptors (Lipinski definition) is 5. The topological polar surface area (TPSA) is 74.2 Å². The van der Waals surface area contributed by atoms with Crippen molar-refractivity contribution in [3.8, 4) is 11.5 Å². The van der Waals surface area contributed by atoms with Crippen molar-refractivity contribution in [1.29, 1.82) is 0 Å². The van der Waals surface area contributed by atoms with Crippen LogP contribution in [-0.4, -0.2) is 22.9 Å². The summed E-state index contributed by atoms with van der Waals surface area (Å²) >= 11 is 3.46. The van der Waals surface area contributed by atoms with Crippen LogP contribution in [0.1, 0.15) is 26.6 Å². The molecule has 0 radical (unpaired) electrons. The molecular weight excluding hydrogens is 322 g/mol. The number of benzene rings is 1. The molecule has 1 atom stereocenters. The standard InChI is InChI=1S/C14H18BrN3O2/c1-9(2)19-8-14(3,16)13-17-12(20-18-13)10-6-4-5-7-11(10)15/h4-7,9H,8,16H2,1-3H3. The van der Waals surface area contributed by atoms with E-state index in [4.69, 9.17) is 15.0 Å². The number of ether oxygens (including phenoxy) is 1. The molecule has 1 aromatic heterocycles. The molecule has 2 rings (SSSR count). The number of aromatic nitrogens is 2. The Bertz CT molecular complexity index is 581. The van der Waals surface area contributed by atoms with E-state index in [1.165, 1.54) is 0 Å². The van der Waals surface area contributed by atoms with Gasteiger partial charge in [0.1, 0.15) is 5.54 Å². The Morgan fingerprint density at radius 1 is 1.40 bits per heavy atom. The van der Waals surface area contributed by atoms with Crippen LogP contribution in [0.4, 0.5) is 0 Å². The van der Waals surface area contributed by atoms with Gasteiger partial charge in [-0.15, -0.1) is 0 Å². The first-order valence-corrected chi connectivity index (χ1v) is 7.19. The second-order valence-corrected chi connectivity index (χ2v) is 6.03. The molecule has 2 N–H and O–H groups in total. The third-order valence-corrected chi connectivity index (χ3v) is 3.45. The molecule has 0 aliphatic heterocycles. The quantitative estimate of drug-likeness (QED) is 0.905. The van der Waals surface area contributed by atoms with Crippen LogP contribution in [0, 0.1) is 0 Å². The molecule has 0 amide bonds. The fourth-order valence-corrected chi connectivity index (χ4v) is 2.06. The van der Waals surface area contributed by atoms with Crippen molar-refractivity contribution in [3.63, 3.8) is 0 Å². The lowest BCUT2D eigenvalue weighted by Gasteiger charge is -2.21. The molecule has 1 aromatic carbocycles. The van der Waals surface area contributed by atoms with Crippen molar-refractivity contribution >= 4 is 15.9 Å². The van der Waals surface area contributed by atoms with Crippen LogP contribution in [0.2, 0.25) is 0 Å². The van der Waals surface area contributed by atoms with Gasteiger partial charge in [-0.1, -0.05) is 17.3 Å². The number of rotatable bonds is 5. The summed E-state index contributed by atoms with van der Waals surface area (Å²) < 4.78 is 11.7. The molecule has 20 heavy (non-hydrogen) atoms. The van der Waals surface area contributed by atoms with Gasteiger partial charge in [0.15, 0.2) is 5.82 Å². The van der Waals surface area contributed by atoms with Gasteiger partial charge in [0.05, 0.1) is 18.3 Å². The molecule has 1 heterocycles. The molecule has 0 fully saturated rings. The van der Waals surface area contributed by atoms with Crippen LogP contribution in [0.5, 0.6) is 0 Å². The Balaban J connectivity index is 2.22. The van der Waals surface area contributed by atoms with Crippen LogP contribution < -0.4 is 5.73 Å². The van der Waals surface area contributed by atoms with Crippen molar-refractivity contribution in [2.45, 2.75) is 32.4 Å². The van der Waals surface area contributed by atoms with Crippen molar-refractivity contribution in [3.05, 3.63) is 34.6 Å². The molecule has 1 unspecified atom stereocenters. The van der Waals surface area contributed by atoms with E-state index in [2.05, 4.69) is 26.1 Å². The maximum absolute atomic E-state index is 6.19. The predicted octanol–water partition coefficient (Wildman–Crippen LogP) is 3.10. The molecular formula is C14H18BrN3O2. The highest BCUT2D eigenvalue weighted by atomic mass is 79.9. The summed E-state index contributed by atoms with van der Waals surface area (Å²) in [7, 11) is 0. The summed E-state index contributed by atoms with van der Waals surface area (Å²) in [5.41, 5.74) is 6.25. The Hall–Kier alpha value is -1.24. The Labute approximate surface area is 126 Å². The van der Waals surface area contributed by atoms with Crippen LogP contribution >= 0.6 is 15.9 Å². The number of nitrogens with zero attached hydrogens (tertiary/aromatic N) is 2. The molecule has 108 valence electrons. The number of halogens is 1. The van der Waals surface area contributed by atoms with Gasteiger partial charge in [-0.25, -0.2) is 0 Å². The van der Waals surface area contributed by atoms with E-state index >= 15 is 0 Å². The van der Waals surface area contributed by atoms with Crippen molar-refractivity contribution in [1.82, 2.24) is 10.1 Å². The highest BCUT2D eigenvalue weighted by Gasteiger charge is 2.29. The second kappa shape index (κ2) is 6.03. The van der Waals surface area contributed by atoms with E-state index < -0.39 is 5.54 Å². The molecule has 0 saturated heterocycles. The molecule has 0 saturated carbocycles. The van der Waals surface area contributed by atoms with E-state index in [9.17, 15) is 0 Å². The lowest BCUT2D eigenvalue weighted by Crippen LogP contribution is -2.40. The molecule has 5 nitrogen and oxygen atoms in total. The largest absolute Gasteiger partial charge is 0.376 e. The summed E-state index contributed by atoms with van der Waals surface area (Å²) in [6, 6.07) is 7.66. The first-order chi connectivity index (χ1) is 9.40. The van der Waals surface area contributed by atoms with Crippen molar-refractivity contribution < 1.29 is 9.26 Å². The van der Waals surface area contributed by atoms with Crippen LogP contribution in [0.3, 0.4) is 0 Å². The second-order valence-electron chi connectivity index (χ2n) is 5.18. The maximum atomic E-state index is 6.19. The lowest BCUT2D eigenvalue weighted by atomic mass is 10.1. The highest BCUT2D eigenvalue weighted by molar-refractivity contribution is 9.10. The van der Waals surface area contributed by atoms with Gasteiger partial charge in [0.2, 0.25) is 0 Å². The third-order valence-electron chi connectivity index (χ3n) is 2.76. The van der Waals surface area contributed by atoms with Gasteiger partial charge < -0.3 is 15.0 Å². The molecule has 2 aromatic rings. The van der Waals surface area contributed by atoms with Crippen LogP contribution in [-0.2, 0) is 10.3 Å². The minimum Gasteiger partial charge on any atom is -0.376 e. The molecule has 0 bridgehead atoms. The van der Waals surface area contributed by atoms with Crippen LogP contribution in [0.15, 0.2) is 33.3 Å². The normalized spacial score (nSPS) is 14.5. The molecule has 0 spiro atoms. The highest BCUT2D eigenvalue weighted by Crippen LogP contribution is 2.28. The van der Waals surface area contributed by atoms with E-state index in [-0.39, 0.29) is 6.10 Å². The zero-order valence-corrected chi connectivity index (χ0v) is 13.3. The SMILES string of the molecule is CC(C)OCC(C)(N)c1noc(-c2ccccc2Br)n1. The van der Waals surface area contributed by atoms with E-state index in [0.717, 1.165) is 10.0 Å². The van der Waals surface area contributed by atoms with Gasteiger partial charge in [-0.05, 0) is 48.8 Å². The molecule has 0 aliphatic carbocycles. The average molecular weight is 340 g/mol. The Morgan fingerprint density at radius 2 is 2.10 bits per heavy atom. The van der Waals surface area contributed by atoms with E-state index in [1.807, 2.05) is 45.0 Å². The van der Waals surface area contributed by atoms with Crippen molar-refractivity contribution in [2.24, 2.45) is 5.73 Å². The molecule has 0 aliphatic rings. The molecule has 6 heteroatoms. The van der Waals surface area contributed by atoms with Gasteiger partial charge in [0, 0.05) is 4.47 Å². The minimum absolute atomic E-state index is 0.104. The lowest BCUT2D eigenvalue weighted by molar-refractivity contribution is 0.0410. The number of hydrogen-bond donors (Lipinski definition) is 1. The van der Waals surface area contributed by atoms with Gasteiger partial charge in [0.25, 0.3) is 5.89 Å². The summed E-state index contributed by atoms with van der Waals surface area (Å²) in [6.07, 6.45) is 0.104. The van der Waals surface area contributed by atoms with Gasteiger partial charge in [-0.2, -0.15) is 4.98 Å². The van der Waals surface area contributed by atoms with Crippen molar-refractivity contribution in [2.75, 3.05) is 6.61 Å². The zero-order valence-electron chi connectivity index (χ0n) is 11.8. The maximum Gasteiger partial charge on any atom is 0.259 e. The van der Waals surface area contributed by atoms with Crippen LogP contribution in [0.25, 0.3) is 11.5 Å². The summed E-state index contributed by atoms with van der Waals surface area (Å²) in [5.74, 6) is 0.873. The zero-order chi connectivity index (χ0) is 14.8. The third kappa shape index (κ3) is 3.45. The Morgan fingerprint density at radius 3 is 2.75 bits per heavy atom. The monoisotopic (exact) mass is 339 g/mol. The smallest absolute Gasteiger partial charge is 0.259 e. The average Bonchev–Trinajstić information content (AvgIpc) is 2.87.